The summed E-state index contributed by atoms with van der Waals surface area (Å²) in [5.41, 5.74) is 3.94. The lowest BCUT2D eigenvalue weighted by atomic mass is 10.1. The first-order valence-corrected chi connectivity index (χ1v) is 16.2. The van der Waals surface area contributed by atoms with E-state index in [9.17, 15) is 18.0 Å². The molecule has 3 aromatic rings. The SMILES string of the molecule is Cc1ccc(S(=O)(=O)N(CC(=O)N(Cc2ccc(Br)cc2)[C@@H](C)C(=O)NC2CCCC2)c2cc(C)cc(C)c2)cc1. The molecular weight excluding hydrogens is 602 g/mol. The van der Waals surface area contributed by atoms with E-state index < -0.39 is 28.5 Å². The molecule has 1 atom stereocenters. The molecule has 41 heavy (non-hydrogen) atoms. The summed E-state index contributed by atoms with van der Waals surface area (Å²) in [5.74, 6) is -0.696. The molecule has 2 amide bonds. The normalized spacial score (nSPS) is 14.5. The van der Waals surface area contributed by atoms with E-state index in [0.29, 0.717) is 5.69 Å². The maximum Gasteiger partial charge on any atom is 0.264 e. The third-order valence-corrected chi connectivity index (χ3v) is 9.83. The van der Waals surface area contributed by atoms with Crippen molar-refractivity contribution < 1.29 is 18.0 Å². The van der Waals surface area contributed by atoms with Crippen molar-refractivity contribution in [1.82, 2.24) is 10.2 Å². The number of anilines is 1. The van der Waals surface area contributed by atoms with Crippen LogP contribution in [0.15, 0.2) is 76.1 Å². The lowest BCUT2D eigenvalue weighted by molar-refractivity contribution is -0.139. The van der Waals surface area contributed by atoms with Gasteiger partial charge >= 0.3 is 0 Å². The van der Waals surface area contributed by atoms with Crippen molar-refractivity contribution in [3.8, 4) is 0 Å². The van der Waals surface area contributed by atoms with E-state index in [4.69, 9.17) is 0 Å². The number of carbonyl (C=O) groups is 2. The van der Waals surface area contributed by atoms with Crippen molar-refractivity contribution >= 4 is 43.5 Å². The molecule has 1 saturated carbocycles. The Morgan fingerprint density at radius 2 is 1.49 bits per heavy atom. The highest BCUT2D eigenvalue weighted by atomic mass is 79.9. The van der Waals surface area contributed by atoms with Crippen molar-refractivity contribution in [2.75, 3.05) is 10.8 Å². The zero-order chi connectivity index (χ0) is 29.7. The molecule has 1 fully saturated rings. The first kappa shape index (κ1) is 30.8. The Hall–Kier alpha value is -3.17. The lowest BCUT2D eigenvalue weighted by Crippen LogP contribution is -2.52. The molecule has 0 unspecified atom stereocenters. The highest BCUT2D eigenvalue weighted by Gasteiger charge is 2.33. The van der Waals surface area contributed by atoms with Gasteiger partial charge in [0.05, 0.1) is 10.6 Å². The van der Waals surface area contributed by atoms with E-state index in [0.717, 1.165) is 56.7 Å². The molecule has 0 heterocycles. The highest BCUT2D eigenvalue weighted by molar-refractivity contribution is 9.10. The average molecular weight is 641 g/mol. The Kier molecular flexibility index (Phi) is 9.92. The van der Waals surface area contributed by atoms with Crippen molar-refractivity contribution in [3.63, 3.8) is 0 Å². The summed E-state index contributed by atoms with van der Waals surface area (Å²) in [4.78, 5) is 29.0. The van der Waals surface area contributed by atoms with Gasteiger partial charge in [0.25, 0.3) is 10.0 Å². The predicted molar refractivity (Wildman–Crippen MR) is 166 cm³/mol. The second kappa shape index (κ2) is 13.2. The van der Waals surface area contributed by atoms with E-state index >= 15 is 0 Å². The fourth-order valence-electron chi connectivity index (χ4n) is 5.22. The number of amides is 2. The van der Waals surface area contributed by atoms with Gasteiger partial charge in [-0.15, -0.1) is 0 Å². The van der Waals surface area contributed by atoms with E-state index in [-0.39, 0.29) is 23.4 Å². The van der Waals surface area contributed by atoms with Crippen molar-refractivity contribution in [2.45, 2.75) is 76.9 Å². The van der Waals surface area contributed by atoms with E-state index in [2.05, 4.69) is 21.2 Å². The molecule has 1 N–H and O–H groups in total. The average Bonchev–Trinajstić information content (AvgIpc) is 3.43. The molecule has 1 aliphatic rings. The number of halogens is 1. The topological polar surface area (TPSA) is 86.8 Å². The number of nitrogens with one attached hydrogen (secondary N) is 1. The summed E-state index contributed by atoms with van der Waals surface area (Å²) in [5, 5.41) is 3.10. The molecule has 0 bridgehead atoms. The van der Waals surface area contributed by atoms with Gasteiger partial charge in [-0.25, -0.2) is 8.42 Å². The minimum atomic E-state index is -4.10. The van der Waals surface area contributed by atoms with Gasteiger partial charge in [0.1, 0.15) is 12.6 Å². The van der Waals surface area contributed by atoms with Gasteiger partial charge in [0.2, 0.25) is 11.8 Å². The molecule has 0 aromatic heterocycles. The van der Waals surface area contributed by atoms with Crippen molar-refractivity contribution in [1.29, 1.82) is 0 Å². The lowest BCUT2D eigenvalue weighted by Gasteiger charge is -2.32. The van der Waals surface area contributed by atoms with Gasteiger partial charge < -0.3 is 10.2 Å². The smallest absolute Gasteiger partial charge is 0.264 e. The number of sulfonamides is 1. The van der Waals surface area contributed by atoms with Gasteiger partial charge in [-0.1, -0.05) is 64.7 Å². The first-order chi connectivity index (χ1) is 19.4. The number of hydrogen-bond acceptors (Lipinski definition) is 4. The van der Waals surface area contributed by atoms with Crippen LogP contribution in [0.3, 0.4) is 0 Å². The second-order valence-electron chi connectivity index (χ2n) is 11.0. The fraction of sp³-hybridized carbons (Fsp3) is 0.375. The highest BCUT2D eigenvalue weighted by Crippen LogP contribution is 2.27. The Labute approximate surface area is 252 Å². The van der Waals surface area contributed by atoms with Crippen molar-refractivity contribution in [3.05, 3.63) is 93.5 Å². The van der Waals surface area contributed by atoms with Crippen LogP contribution < -0.4 is 9.62 Å². The molecule has 9 heteroatoms. The van der Waals surface area contributed by atoms with Crippen LogP contribution >= 0.6 is 15.9 Å². The third kappa shape index (κ3) is 7.77. The Morgan fingerprint density at radius 3 is 2.07 bits per heavy atom. The van der Waals surface area contributed by atoms with Crippen LogP contribution in [0.2, 0.25) is 0 Å². The molecule has 0 aliphatic heterocycles. The quantitative estimate of drug-likeness (QED) is 0.293. The number of hydrogen-bond donors (Lipinski definition) is 1. The predicted octanol–water partition coefficient (Wildman–Crippen LogP) is 6.05. The second-order valence-corrected chi connectivity index (χ2v) is 13.8. The van der Waals surface area contributed by atoms with Gasteiger partial charge in [-0.3, -0.25) is 13.9 Å². The number of rotatable bonds is 10. The largest absolute Gasteiger partial charge is 0.352 e. The maximum absolute atomic E-state index is 14.1. The summed E-state index contributed by atoms with van der Waals surface area (Å²) >= 11 is 3.44. The van der Waals surface area contributed by atoms with Crippen LogP contribution in [-0.4, -0.2) is 43.8 Å². The molecule has 1 aliphatic carbocycles. The van der Waals surface area contributed by atoms with E-state index in [1.54, 1.807) is 43.3 Å². The monoisotopic (exact) mass is 639 g/mol. The Bertz CT molecular complexity index is 1460. The zero-order valence-corrected chi connectivity index (χ0v) is 26.5. The fourth-order valence-corrected chi connectivity index (χ4v) is 6.88. The number of benzene rings is 3. The number of aryl methyl sites for hydroxylation is 3. The Balaban J connectivity index is 1.70. The molecule has 7 nitrogen and oxygen atoms in total. The van der Waals surface area contributed by atoms with Gasteiger partial charge in [0, 0.05) is 17.1 Å². The number of nitrogens with zero attached hydrogens (tertiary/aromatic N) is 2. The summed E-state index contributed by atoms with van der Waals surface area (Å²) in [6.45, 7) is 7.10. The van der Waals surface area contributed by atoms with Crippen LogP contribution in [0.1, 0.15) is 54.9 Å². The third-order valence-electron chi connectivity index (χ3n) is 7.52. The summed E-state index contributed by atoms with van der Waals surface area (Å²) in [6.07, 6.45) is 3.99. The first-order valence-electron chi connectivity index (χ1n) is 14.0. The molecule has 4 rings (SSSR count). The van der Waals surface area contributed by atoms with Crippen LogP contribution in [0, 0.1) is 20.8 Å². The minimum absolute atomic E-state index is 0.0987. The van der Waals surface area contributed by atoms with E-state index in [1.165, 1.54) is 4.90 Å². The molecule has 218 valence electrons. The van der Waals surface area contributed by atoms with Crippen LogP contribution in [0.4, 0.5) is 5.69 Å². The van der Waals surface area contributed by atoms with E-state index in [1.807, 2.05) is 51.1 Å². The molecule has 0 radical (unpaired) electrons. The van der Waals surface area contributed by atoms with Gasteiger partial charge in [-0.05, 0) is 93.6 Å². The van der Waals surface area contributed by atoms with Gasteiger partial charge in [-0.2, -0.15) is 0 Å². The molecular formula is C32H38BrN3O4S. The molecule has 3 aromatic carbocycles. The molecule has 0 saturated heterocycles. The van der Waals surface area contributed by atoms with Crippen molar-refractivity contribution in [2.24, 2.45) is 0 Å². The van der Waals surface area contributed by atoms with Crippen LogP contribution in [-0.2, 0) is 26.2 Å². The summed E-state index contributed by atoms with van der Waals surface area (Å²) < 4.78 is 30.1. The molecule has 0 spiro atoms. The maximum atomic E-state index is 14.1. The Morgan fingerprint density at radius 1 is 0.902 bits per heavy atom. The zero-order valence-electron chi connectivity index (χ0n) is 24.1. The minimum Gasteiger partial charge on any atom is -0.352 e. The van der Waals surface area contributed by atoms with Gasteiger partial charge in [0.15, 0.2) is 0 Å². The number of carbonyl (C=O) groups excluding carboxylic acids is 2. The van der Waals surface area contributed by atoms with Crippen LogP contribution in [0.25, 0.3) is 0 Å². The standard InChI is InChI=1S/C32H38BrN3O4S/c1-22-9-15-30(16-10-22)41(39,40)36(29-18-23(2)17-24(3)19-29)21-31(37)35(20-26-11-13-27(33)14-12-26)25(4)32(38)34-28-7-5-6-8-28/h9-19,25,28H,5-8,20-21H2,1-4H3,(H,34,38)/t25-/m0/s1. The van der Waals surface area contributed by atoms with Crippen LogP contribution in [0.5, 0.6) is 0 Å². The summed E-state index contributed by atoms with van der Waals surface area (Å²) in [6, 6.07) is 18.9. The summed E-state index contributed by atoms with van der Waals surface area (Å²) in [7, 11) is -4.10.